The van der Waals surface area contributed by atoms with Crippen molar-refractivity contribution in [1.82, 2.24) is 0 Å². The number of anilines is 1. The van der Waals surface area contributed by atoms with Gasteiger partial charge < -0.3 is 4.90 Å². The second-order valence-electron chi connectivity index (χ2n) is 5.68. The Morgan fingerprint density at radius 3 is 2.62 bits per heavy atom. The minimum atomic E-state index is 0.0649. The summed E-state index contributed by atoms with van der Waals surface area (Å²) in [7, 11) is 0. The molecule has 3 rings (SSSR count). The first-order valence-corrected chi connectivity index (χ1v) is 7.77. The third-order valence-electron chi connectivity index (χ3n) is 3.95. The van der Waals surface area contributed by atoms with Crippen molar-refractivity contribution in [2.45, 2.75) is 19.2 Å². The monoisotopic (exact) mass is 299 g/mol. The molecule has 0 fully saturated rings. The molecular weight excluding hydrogens is 282 g/mol. The van der Waals surface area contributed by atoms with E-state index in [-0.39, 0.29) is 5.91 Å². The highest BCUT2D eigenvalue weighted by atomic mass is 35.5. The maximum Gasteiger partial charge on any atom is 0.258 e. The van der Waals surface area contributed by atoms with Crippen molar-refractivity contribution in [2.75, 3.05) is 11.4 Å². The molecule has 2 nitrogen and oxygen atoms in total. The number of benzene rings is 2. The smallest absolute Gasteiger partial charge is 0.258 e. The van der Waals surface area contributed by atoms with E-state index in [1.54, 1.807) is 0 Å². The minimum Gasteiger partial charge on any atom is -0.308 e. The van der Waals surface area contributed by atoms with Crippen LogP contribution < -0.4 is 4.90 Å². The van der Waals surface area contributed by atoms with Gasteiger partial charge in [0.1, 0.15) is 0 Å². The Morgan fingerprint density at radius 1 is 1.19 bits per heavy atom. The number of fused-ring (bicyclic) bond motifs is 1. The summed E-state index contributed by atoms with van der Waals surface area (Å²) in [6.07, 6.45) is 1.03. The molecule has 0 aliphatic carbocycles. The molecule has 1 aliphatic rings. The van der Waals surface area contributed by atoms with Gasteiger partial charge >= 0.3 is 0 Å². The maximum atomic E-state index is 12.8. The Labute approximate surface area is 130 Å². The predicted octanol–water partition coefficient (Wildman–Crippen LogP) is 4.26. The van der Waals surface area contributed by atoms with E-state index >= 15 is 0 Å². The van der Waals surface area contributed by atoms with Crippen LogP contribution in [-0.4, -0.2) is 12.5 Å². The predicted molar refractivity (Wildman–Crippen MR) is 87.0 cm³/mol. The van der Waals surface area contributed by atoms with Crippen molar-refractivity contribution in [3.63, 3.8) is 0 Å². The number of para-hydroxylation sites is 1. The number of halogens is 1. The van der Waals surface area contributed by atoms with Gasteiger partial charge in [-0.05, 0) is 41.7 Å². The van der Waals surface area contributed by atoms with Crippen molar-refractivity contribution < 1.29 is 4.79 Å². The SMILES string of the molecule is CC1Cc2ccccc2N(C(=O)c2ccc(CCl)cc2)C1. The second-order valence-corrected chi connectivity index (χ2v) is 5.95. The number of hydrogen-bond donors (Lipinski definition) is 0. The van der Waals surface area contributed by atoms with Gasteiger partial charge in [-0.2, -0.15) is 0 Å². The zero-order valence-corrected chi connectivity index (χ0v) is 12.8. The molecule has 2 aromatic rings. The first kappa shape index (κ1) is 14.2. The van der Waals surface area contributed by atoms with Crippen molar-refractivity contribution in [1.29, 1.82) is 0 Å². The highest BCUT2D eigenvalue weighted by Gasteiger charge is 2.26. The molecule has 21 heavy (non-hydrogen) atoms. The van der Waals surface area contributed by atoms with Crippen LogP contribution in [0.4, 0.5) is 5.69 Å². The van der Waals surface area contributed by atoms with Gasteiger partial charge in [-0.3, -0.25) is 4.79 Å². The number of rotatable bonds is 2. The van der Waals surface area contributed by atoms with Gasteiger partial charge in [0.2, 0.25) is 0 Å². The lowest BCUT2D eigenvalue weighted by Crippen LogP contribution is -2.39. The van der Waals surface area contributed by atoms with Crippen LogP contribution in [0.1, 0.15) is 28.4 Å². The molecule has 2 aromatic carbocycles. The molecule has 1 unspecified atom stereocenters. The van der Waals surface area contributed by atoms with Gasteiger partial charge in [0.25, 0.3) is 5.91 Å². The van der Waals surface area contributed by atoms with Crippen molar-refractivity contribution in [3.05, 3.63) is 65.2 Å². The number of amides is 1. The summed E-state index contributed by atoms with van der Waals surface area (Å²) in [5.41, 5.74) is 4.04. The van der Waals surface area contributed by atoms with E-state index in [2.05, 4.69) is 13.0 Å². The first-order chi connectivity index (χ1) is 10.2. The van der Waals surface area contributed by atoms with Gasteiger partial charge in [0.05, 0.1) is 0 Å². The van der Waals surface area contributed by atoms with Gasteiger partial charge in [0.15, 0.2) is 0 Å². The molecular formula is C18H18ClNO. The molecule has 0 bridgehead atoms. The van der Waals surface area contributed by atoms with Crippen LogP contribution in [0.2, 0.25) is 0 Å². The van der Waals surface area contributed by atoms with E-state index in [1.807, 2.05) is 47.4 Å². The summed E-state index contributed by atoms with van der Waals surface area (Å²) in [4.78, 5) is 14.7. The maximum absolute atomic E-state index is 12.8. The Balaban J connectivity index is 1.93. The molecule has 0 spiro atoms. The van der Waals surface area contributed by atoms with E-state index < -0.39 is 0 Å². The van der Waals surface area contributed by atoms with E-state index in [4.69, 9.17) is 11.6 Å². The number of alkyl halides is 1. The first-order valence-electron chi connectivity index (χ1n) is 7.23. The average molecular weight is 300 g/mol. The van der Waals surface area contributed by atoms with E-state index in [9.17, 15) is 4.79 Å². The Kier molecular flexibility index (Phi) is 3.98. The number of nitrogens with zero attached hydrogens (tertiary/aromatic N) is 1. The van der Waals surface area contributed by atoms with Crippen molar-refractivity contribution >= 4 is 23.2 Å². The normalized spacial score (nSPS) is 17.4. The molecule has 0 saturated carbocycles. The summed E-state index contributed by atoms with van der Waals surface area (Å²) in [5.74, 6) is 1.01. The van der Waals surface area contributed by atoms with Gasteiger partial charge in [-0.25, -0.2) is 0 Å². The summed E-state index contributed by atoms with van der Waals surface area (Å²) < 4.78 is 0. The lowest BCUT2D eigenvalue weighted by molar-refractivity contribution is 0.0981. The number of carbonyl (C=O) groups excluding carboxylic acids is 1. The molecule has 1 atom stereocenters. The Hall–Kier alpha value is -1.80. The lowest BCUT2D eigenvalue weighted by Gasteiger charge is -2.33. The molecule has 0 radical (unpaired) electrons. The average Bonchev–Trinajstić information content (AvgIpc) is 2.53. The van der Waals surface area contributed by atoms with Crippen LogP contribution in [0.5, 0.6) is 0 Å². The second kappa shape index (κ2) is 5.90. The fourth-order valence-corrected chi connectivity index (χ4v) is 3.06. The molecule has 1 heterocycles. The van der Waals surface area contributed by atoms with Crippen LogP contribution in [0.3, 0.4) is 0 Å². The van der Waals surface area contributed by atoms with Crippen LogP contribution in [-0.2, 0) is 12.3 Å². The molecule has 108 valence electrons. The van der Waals surface area contributed by atoms with E-state index in [1.165, 1.54) is 5.56 Å². The molecule has 0 saturated heterocycles. The fourth-order valence-electron chi connectivity index (χ4n) is 2.88. The third-order valence-corrected chi connectivity index (χ3v) is 4.25. The topological polar surface area (TPSA) is 20.3 Å². The zero-order valence-electron chi connectivity index (χ0n) is 12.1. The van der Waals surface area contributed by atoms with Crippen LogP contribution >= 0.6 is 11.6 Å². The third kappa shape index (κ3) is 2.81. The van der Waals surface area contributed by atoms with Gasteiger partial charge in [-0.1, -0.05) is 37.3 Å². The molecule has 0 aromatic heterocycles. The Bertz CT molecular complexity index is 651. The van der Waals surface area contributed by atoms with Crippen LogP contribution in [0.25, 0.3) is 0 Å². The standard InChI is InChI=1S/C18H18ClNO/c1-13-10-16-4-2-3-5-17(16)20(12-13)18(21)15-8-6-14(11-19)7-9-15/h2-9,13H,10-12H2,1H3. The summed E-state index contributed by atoms with van der Waals surface area (Å²) in [6, 6.07) is 15.7. The molecule has 0 N–H and O–H groups in total. The highest BCUT2D eigenvalue weighted by molar-refractivity contribution is 6.17. The quantitative estimate of drug-likeness (QED) is 0.759. The summed E-state index contributed by atoms with van der Waals surface area (Å²) >= 11 is 5.80. The molecule has 3 heteroatoms. The number of carbonyl (C=O) groups is 1. The molecule has 1 amide bonds. The summed E-state index contributed by atoms with van der Waals surface area (Å²) in [5, 5.41) is 0. The Morgan fingerprint density at radius 2 is 1.90 bits per heavy atom. The van der Waals surface area contributed by atoms with Crippen LogP contribution in [0, 0.1) is 5.92 Å². The van der Waals surface area contributed by atoms with Crippen molar-refractivity contribution in [3.8, 4) is 0 Å². The zero-order chi connectivity index (χ0) is 14.8. The van der Waals surface area contributed by atoms with Crippen molar-refractivity contribution in [2.24, 2.45) is 5.92 Å². The largest absolute Gasteiger partial charge is 0.308 e. The molecule has 1 aliphatic heterocycles. The van der Waals surface area contributed by atoms with E-state index in [0.29, 0.717) is 17.4 Å². The van der Waals surface area contributed by atoms with Gasteiger partial charge in [0, 0.05) is 23.7 Å². The summed E-state index contributed by atoms with van der Waals surface area (Å²) in [6.45, 7) is 2.96. The lowest BCUT2D eigenvalue weighted by atomic mass is 9.93. The van der Waals surface area contributed by atoms with Gasteiger partial charge in [-0.15, -0.1) is 11.6 Å². The fraction of sp³-hybridized carbons (Fsp3) is 0.278. The van der Waals surface area contributed by atoms with Crippen LogP contribution in [0.15, 0.2) is 48.5 Å². The highest BCUT2D eigenvalue weighted by Crippen LogP contribution is 2.30. The number of hydrogen-bond acceptors (Lipinski definition) is 1. The minimum absolute atomic E-state index is 0.0649. The van der Waals surface area contributed by atoms with E-state index in [0.717, 1.165) is 24.2 Å².